The van der Waals surface area contributed by atoms with Crippen molar-refractivity contribution in [3.8, 4) is 11.5 Å². The van der Waals surface area contributed by atoms with Crippen LogP contribution in [0.4, 0.5) is 0 Å². The number of ether oxygens (including phenoxy) is 2. The van der Waals surface area contributed by atoms with Crippen LogP contribution in [0, 0.1) is 0 Å². The van der Waals surface area contributed by atoms with Crippen molar-refractivity contribution >= 4 is 5.91 Å². The van der Waals surface area contributed by atoms with E-state index in [1.165, 1.54) is 0 Å². The Morgan fingerprint density at radius 3 is 2.55 bits per heavy atom. The number of nitrogens with one attached hydrogen (secondary N) is 1. The predicted molar refractivity (Wildman–Crippen MR) is 79.0 cm³/mol. The molecule has 0 aliphatic heterocycles. The van der Waals surface area contributed by atoms with Gasteiger partial charge in [0.25, 0.3) is 0 Å². The summed E-state index contributed by atoms with van der Waals surface area (Å²) in [5, 5.41) is 2.81. The van der Waals surface area contributed by atoms with Gasteiger partial charge in [-0.15, -0.1) is 0 Å². The summed E-state index contributed by atoms with van der Waals surface area (Å²) in [5.74, 6) is 1.50. The van der Waals surface area contributed by atoms with Gasteiger partial charge in [0.05, 0.1) is 13.2 Å². The van der Waals surface area contributed by atoms with E-state index in [-0.39, 0.29) is 5.91 Å². The summed E-state index contributed by atoms with van der Waals surface area (Å²) in [6.07, 6.45) is 1.94. The summed E-state index contributed by atoms with van der Waals surface area (Å²) in [6, 6.07) is 7.55. The second-order valence-corrected chi connectivity index (χ2v) is 4.32. The van der Waals surface area contributed by atoms with E-state index in [9.17, 15) is 4.79 Å². The van der Waals surface area contributed by atoms with Crippen molar-refractivity contribution in [1.82, 2.24) is 5.32 Å². The second-order valence-electron chi connectivity index (χ2n) is 4.32. The van der Waals surface area contributed by atoms with E-state index in [0.29, 0.717) is 39.1 Å². The number of rotatable bonds is 10. The number of carbonyl (C=O) groups is 1. The van der Waals surface area contributed by atoms with Crippen molar-refractivity contribution in [3.63, 3.8) is 0 Å². The monoisotopic (exact) mass is 280 g/mol. The molecule has 0 atom stereocenters. The highest BCUT2D eigenvalue weighted by molar-refractivity contribution is 5.75. The number of amides is 1. The van der Waals surface area contributed by atoms with E-state index in [1.54, 1.807) is 0 Å². The van der Waals surface area contributed by atoms with Gasteiger partial charge in [-0.2, -0.15) is 0 Å². The first-order chi connectivity index (χ1) is 9.77. The van der Waals surface area contributed by atoms with Gasteiger partial charge in [-0.1, -0.05) is 12.1 Å². The van der Waals surface area contributed by atoms with Crippen molar-refractivity contribution in [2.45, 2.75) is 26.2 Å². The van der Waals surface area contributed by atoms with Gasteiger partial charge in [0, 0.05) is 13.0 Å². The van der Waals surface area contributed by atoms with E-state index >= 15 is 0 Å². The number of para-hydroxylation sites is 2. The number of hydrogen-bond acceptors (Lipinski definition) is 4. The number of hydrogen-bond donors (Lipinski definition) is 2. The summed E-state index contributed by atoms with van der Waals surface area (Å²) in [4.78, 5) is 11.5. The Morgan fingerprint density at radius 2 is 1.90 bits per heavy atom. The van der Waals surface area contributed by atoms with Gasteiger partial charge in [-0.25, -0.2) is 0 Å². The lowest BCUT2D eigenvalue weighted by Gasteiger charge is -2.11. The Morgan fingerprint density at radius 1 is 1.20 bits per heavy atom. The summed E-state index contributed by atoms with van der Waals surface area (Å²) in [7, 11) is 0. The zero-order valence-electron chi connectivity index (χ0n) is 12.1. The summed E-state index contributed by atoms with van der Waals surface area (Å²) >= 11 is 0. The molecule has 0 bridgehead atoms. The Labute approximate surface area is 120 Å². The molecular weight excluding hydrogens is 256 g/mol. The largest absolute Gasteiger partial charge is 0.490 e. The van der Waals surface area contributed by atoms with Gasteiger partial charge in [-0.05, 0) is 38.4 Å². The van der Waals surface area contributed by atoms with E-state index in [4.69, 9.17) is 15.2 Å². The molecule has 0 saturated heterocycles. The number of carbonyl (C=O) groups excluding carboxylic acids is 1. The van der Waals surface area contributed by atoms with Crippen LogP contribution in [-0.4, -0.2) is 32.2 Å². The maximum Gasteiger partial charge on any atom is 0.220 e. The molecule has 5 heteroatoms. The molecule has 112 valence electrons. The van der Waals surface area contributed by atoms with Crippen LogP contribution in [0.15, 0.2) is 24.3 Å². The highest BCUT2D eigenvalue weighted by atomic mass is 16.5. The van der Waals surface area contributed by atoms with Gasteiger partial charge in [0.15, 0.2) is 11.5 Å². The molecule has 0 aromatic heterocycles. The molecule has 0 aliphatic rings. The average molecular weight is 280 g/mol. The van der Waals surface area contributed by atoms with Gasteiger partial charge in [0.2, 0.25) is 5.91 Å². The maximum atomic E-state index is 11.5. The molecule has 0 unspecified atom stereocenters. The van der Waals surface area contributed by atoms with Crippen LogP contribution in [0.1, 0.15) is 26.2 Å². The van der Waals surface area contributed by atoms with Crippen LogP contribution in [-0.2, 0) is 4.79 Å². The molecule has 3 N–H and O–H groups in total. The number of nitrogens with two attached hydrogens (primary N) is 1. The fraction of sp³-hybridized carbons (Fsp3) is 0.533. The first-order valence-corrected chi connectivity index (χ1v) is 7.09. The smallest absolute Gasteiger partial charge is 0.220 e. The molecule has 1 amide bonds. The third-order valence-corrected chi connectivity index (χ3v) is 2.66. The highest BCUT2D eigenvalue weighted by Crippen LogP contribution is 2.26. The lowest BCUT2D eigenvalue weighted by Crippen LogP contribution is -2.26. The summed E-state index contributed by atoms with van der Waals surface area (Å²) in [6.45, 7) is 4.27. The highest BCUT2D eigenvalue weighted by Gasteiger charge is 2.04. The Bertz CT molecular complexity index is 396. The van der Waals surface area contributed by atoms with Crippen LogP contribution in [0.5, 0.6) is 11.5 Å². The minimum Gasteiger partial charge on any atom is -0.490 e. The SMILES string of the molecule is CCOc1ccccc1OCCCC(=O)NCCCN. The fourth-order valence-electron chi connectivity index (χ4n) is 1.68. The van der Waals surface area contributed by atoms with E-state index < -0.39 is 0 Å². The summed E-state index contributed by atoms with van der Waals surface area (Å²) < 4.78 is 11.1. The summed E-state index contributed by atoms with van der Waals surface area (Å²) in [5.41, 5.74) is 5.36. The van der Waals surface area contributed by atoms with Crippen molar-refractivity contribution in [2.75, 3.05) is 26.3 Å². The quantitative estimate of drug-likeness (QED) is 0.640. The zero-order valence-corrected chi connectivity index (χ0v) is 12.1. The van der Waals surface area contributed by atoms with Crippen LogP contribution in [0.3, 0.4) is 0 Å². The molecule has 5 nitrogen and oxygen atoms in total. The third kappa shape index (κ3) is 6.43. The van der Waals surface area contributed by atoms with Crippen molar-refractivity contribution in [3.05, 3.63) is 24.3 Å². The lowest BCUT2D eigenvalue weighted by atomic mass is 10.3. The van der Waals surface area contributed by atoms with E-state index in [1.807, 2.05) is 31.2 Å². The minimum absolute atomic E-state index is 0.0418. The minimum atomic E-state index is 0.0418. The van der Waals surface area contributed by atoms with Gasteiger partial charge in [-0.3, -0.25) is 4.79 Å². The molecule has 1 aromatic rings. The topological polar surface area (TPSA) is 73.6 Å². The molecule has 0 spiro atoms. The molecule has 1 aromatic carbocycles. The van der Waals surface area contributed by atoms with Crippen molar-refractivity contribution in [1.29, 1.82) is 0 Å². The lowest BCUT2D eigenvalue weighted by molar-refractivity contribution is -0.121. The normalized spacial score (nSPS) is 10.1. The van der Waals surface area contributed by atoms with Crippen molar-refractivity contribution in [2.24, 2.45) is 5.73 Å². The first-order valence-electron chi connectivity index (χ1n) is 7.09. The number of benzene rings is 1. The van der Waals surface area contributed by atoms with Gasteiger partial charge >= 0.3 is 0 Å². The Kier molecular flexibility index (Phi) is 8.22. The van der Waals surface area contributed by atoms with Crippen molar-refractivity contribution < 1.29 is 14.3 Å². The van der Waals surface area contributed by atoms with E-state index in [2.05, 4.69) is 5.32 Å². The fourth-order valence-corrected chi connectivity index (χ4v) is 1.68. The van der Waals surface area contributed by atoms with Crippen LogP contribution in [0.2, 0.25) is 0 Å². The Hall–Kier alpha value is -1.75. The molecule has 0 heterocycles. The Balaban J connectivity index is 2.22. The molecule has 0 aliphatic carbocycles. The van der Waals surface area contributed by atoms with E-state index in [0.717, 1.165) is 17.9 Å². The molecule has 0 saturated carbocycles. The molecule has 0 radical (unpaired) electrons. The standard InChI is InChI=1S/C15H24N2O3/c1-2-19-13-7-3-4-8-14(13)20-12-5-9-15(18)17-11-6-10-16/h3-4,7-8H,2,5-6,9-12,16H2,1H3,(H,17,18). The maximum absolute atomic E-state index is 11.5. The van der Waals surface area contributed by atoms with Crippen LogP contribution in [0.25, 0.3) is 0 Å². The third-order valence-electron chi connectivity index (χ3n) is 2.66. The van der Waals surface area contributed by atoms with Crippen LogP contribution >= 0.6 is 0 Å². The van der Waals surface area contributed by atoms with Crippen LogP contribution < -0.4 is 20.5 Å². The van der Waals surface area contributed by atoms with Gasteiger partial charge in [0.1, 0.15) is 0 Å². The zero-order chi connectivity index (χ0) is 14.6. The molecule has 0 fully saturated rings. The van der Waals surface area contributed by atoms with Gasteiger partial charge < -0.3 is 20.5 Å². The first kappa shape index (κ1) is 16.3. The second kappa shape index (κ2) is 10.1. The predicted octanol–water partition coefficient (Wildman–Crippen LogP) is 1.71. The molecular formula is C15H24N2O3. The molecule has 1 rings (SSSR count). The average Bonchev–Trinajstić information content (AvgIpc) is 2.46. The molecule has 20 heavy (non-hydrogen) atoms.